The third-order valence-corrected chi connectivity index (χ3v) is 19.1. The van der Waals surface area contributed by atoms with Gasteiger partial charge in [-0.2, -0.15) is 0 Å². The lowest BCUT2D eigenvalue weighted by Gasteiger charge is -2.34. The third kappa shape index (κ3) is 22.5. The number of β-amino-alcohol motifs (C(OH)–C–C–N with tert-alkyl or cyclic N) is 4. The van der Waals surface area contributed by atoms with Crippen LogP contribution in [0.2, 0.25) is 5.02 Å². The molecule has 4 aliphatic heterocycles. The molecule has 15 nitrogen and oxygen atoms in total. The fraction of sp³-hybridized carbons (Fsp3) is 0.506. The monoisotopic (exact) mass is 1290 g/mol. The van der Waals surface area contributed by atoms with E-state index in [4.69, 9.17) is 52.2 Å². The molecule has 0 amide bonds. The van der Waals surface area contributed by atoms with Crippen molar-refractivity contribution < 1.29 is 48.8 Å². The number of hydrogen-bond donors (Lipinski definition) is 5. The third-order valence-electron chi connectivity index (χ3n) is 18.9. The van der Waals surface area contributed by atoms with Crippen molar-refractivity contribution in [2.75, 3.05) is 98.7 Å². The Labute approximate surface area is 558 Å². The minimum atomic E-state index is -0.561. The molecule has 0 saturated heterocycles. The van der Waals surface area contributed by atoms with E-state index in [1.165, 1.54) is 63.8 Å². The van der Waals surface area contributed by atoms with Crippen molar-refractivity contribution in [3.05, 3.63) is 189 Å². The Balaban J connectivity index is 0.000000147. The van der Waals surface area contributed by atoms with Gasteiger partial charge < -0.3 is 54.6 Å². The van der Waals surface area contributed by atoms with E-state index < -0.39 is 23.9 Å². The lowest BCUT2D eigenvalue weighted by molar-refractivity contribution is -0.0703. The molecule has 4 heterocycles. The first-order chi connectivity index (χ1) is 45.2. The highest BCUT2D eigenvalue weighted by Crippen LogP contribution is 2.35. The maximum Gasteiger partial charge on any atom is 0.161 e. The van der Waals surface area contributed by atoms with Crippen LogP contribution in [0.1, 0.15) is 108 Å². The van der Waals surface area contributed by atoms with Crippen molar-refractivity contribution in [1.29, 1.82) is 0 Å². The minimum absolute atomic E-state index is 0.249. The average molecular weight is 1290 g/mol. The highest BCUT2D eigenvalue weighted by atomic mass is 35.5. The van der Waals surface area contributed by atoms with Gasteiger partial charge in [-0.05, 0) is 169 Å². The van der Waals surface area contributed by atoms with Gasteiger partial charge in [-0.3, -0.25) is 19.6 Å². The standard InChI is InChI=1S/C20H26N2O4.C20H27NO2.C19H22ClNO2.C18H27NO2/c1-24-19-9-14-7-8-22(11-15(14)10-20(19)25-2)12-17(23)13-26-18-5-3-16(21)4-6-18;1-2-20(11-6-3-7-12-20)23-16-19(22)15-21-13-10-17-8-4-5-9-18(17)14-21;20-18-7-5-15(6-8-18)13-23-14-19(22)12-21-10-9-16-3-1-2-4-17(16)11-21;1-14-5-4-8-18(14)21-13-17(20)12-19-10-9-15-6-2-3-7-16(15)11-19/h3-6,9-10,17,23H,7-8,11-13,21H2,1-2H3;1,4-5,8-9,19,22H,3,6-7,10-16H2;1-8,19,22H,9-14H2;2-3,6-7,14,17-18,20H,4-5,8-13H2,1H3. The van der Waals surface area contributed by atoms with Crippen LogP contribution >= 0.6 is 11.6 Å². The molecule has 12 rings (SSSR count). The normalized spacial score (nSPS) is 19.9. The van der Waals surface area contributed by atoms with Gasteiger partial charge in [-0.1, -0.05) is 122 Å². The van der Waals surface area contributed by atoms with Crippen LogP contribution in [0.25, 0.3) is 0 Å². The number of terminal acetylenes is 1. The van der Waals surface area contributed by atoms with E-state index >= 15 is 0 Å². The van der Waals surface area contributed by atoms with Crippen LogP contribution in [-0.2, 0) is 72.7 Å². The maximum absolute atomic E-state index is 10.4. The molecule has 93 heavy (non-hydrogen) atoms. The first kappa shape index (κ1) is 71.2. The molecule has 6 aliphatic rings. The number of ether oxygens (including phenoxy) is 6. The molecule has 2 fully saturated rings. The molecule has 0 aromatic heterocycles. The summed E-state index contributed by atoms with van der Waals surface area (Å²) in [7, 11) is 3.29. The van der Waals surface area contributed by atoms with E-state index in [1.54, 1.807) is 38.5 Å². The lowest BCUT2D eigenvalue weighted by Crippen LogP contribution is -2.41. The number of anilines is 1. The number of nitrogens with two attached hydrogens (primary N) is 1. The number of methoxy groups -OCH3 is 2. The average Bonchev–Trinajstić information content (AvgIpc) is 1.34. The summed E-state index contributed by atoms with van der Waals surface area (Å²) in [6.45, 7) is 14.2. The molecule has 502 valence electrons. The molecular weight excluding hydrogens is 1190 g/mol. The summed E-state index contributed by atoms with van der Waals surface area (Å²) in [6, 6.07) is 44.5. The van der Waals surface area contributed by atoms with Crippen LogP contribution < -0.4 is 19.9 Å². The van der Waals surface area contributed by atoms with Crippen LogP contribution in [-0.4, -0.2) is 169 Å². The predicted molar refractivity (Wildman–Crippen MR) is 370 cm³/mol. The quantitative estimate of drug-likeness (QED) is 0.0302. The summed E-state index contributed by atoms with van der Waals surface area (Å²) < 4.78 is 33.9. The van der Waals surface area contributed by atoms with Crippen molar-refractivity contribution in [1.82, 2.24) is 19.6 Å². The van der Waals surface area contributed by atoms with E-state index in [0.29, 0.717) is 69.5 Å². The van der Waals surface area contributed by atoms with E-state index in [2.05, 4.69) is 105 Å². The van der Waals surface area contributed by atoms with Gasteiger partial charge in [0.2, 0.25) is 0 Å². The predicted octanol–water partition coefficient (Wildman–Crippen LogP) is 10.7. The second-order valence-electron chi connectivity index (χ2n) is 26.1. The highest BCUT2D eigenvalue weighted by molar-refractivity contribution is 6.30. The van der Waals surface area contributed by atoms with Crippen molar-refractivity contribution >= 4 is 17.3 Å². The summed E-state index contributed by atoms with van der Waals surface area (Å²) in [6.07, 6.45) is 17.3. The van der Waals surface area contributed by atoms with Gasteiger partial charge in [0.1, 0.15) is 24.1 Å². The Morgan fingerprint density at radius 2 is 0.989 bits per heavy atom. The number of rotatable bonds is 23. The van der Waals surface area contributed by atoms with Crippen molar-refractivity contribution in [3.63, 3.8) is 0 Å². The first-order valence-electron chi connectivity index (χ1n) is 33.8. The SMILES string of the molecule is C#CC1(OCC(O)CN2CCc3ccccc3C2)CCCCC1.CC1CCCC1OCC(O)CN1CCc2ccccc2C1.COc1cc2c(cc1OC)CN(CC(O)COc1ccc(N)cc1)CC2.OC(COCc1ccc(Cl)cc1)CN1CCc2ccccc2C1. The van der Waals surface area contributed by atoms with Gasteiger partial charge in [0.05, 0.1) is 65.1 Å². The molecule has 6 aromatic rings. The van der Waals surface area contributed by atoms with Crippen LogP contribution in [0.4, 0.5) is 5.69 Å². The van der Waals surface area contributed by atoms with E-state index in [0.717, 1.165) is 139 Å². The van der Waals surface area contributed by atoms with Gasteiger partial charge in [0.25, 0.3) is 0 Å². The second kappa shape index (κ2) is 36.7. The Morgan fingerprint density at radius 1 is 0.538 bits per heavy atom. The van der Waals surface area contributed by atoms with E-state index in [9.17, 15) is 20.4 Å². The second-order valence-corrected chi connectivity index (χ2v) is 26.6. The fourth-order valence-corrected chi connectivity index (χ4v) is 13.7. The largest absolute Gasteiger partial charge is 0.493 e. The molecule has 16 heteroatoms. The van der Waals surface area contributed by atoms with Gasteiger partial charge in [0.15, 0.2) is 11.5 Å². The summed E-state index contributed by atoms with van der Waals surface area (Å²) in [4.78, 5) is 9.16. The molecule has 6 unspecified atom stereocenters. The topological polar surface area (TPSA) is 175 Å². The summed E-state index contributed by atoms with van der Waals surface area (Å²) in [5.74, 6) is 5.70. The fourth-order valence-electron chi connectivity index (χ4n) is 13.6. The number of benzene rings is 6. The molecule has 0 spiro atoms. The Kier molecular flexibility index (Phi) is 28.1. The molecule has 0 bridgehead atoms. The highest BCUT2D eigenvalue weighted by Gasteiger charge is 2.32. The van der Waals surface area contributed by atoms with Crippen molar-refractivity contribution in [3.8, 4) is 29.6 Å². The van der Waals surface area contributed by atoms with Crippen LogP contribution in [0.3, 0.4) is 0 Å². The summed E-state index contributed by atoms with van der Waals surface area (Å²) in [5.41, 5.74) is 17.9. The van der Waals surface area contributed by atoms with Crippen molar-refractivity contribution in [2.24, 2.45) is 5.92 Å². The van der Waals surface area contributed by atoms with E-state index in [1.807, 2.05) is 36.4 Å². The lowest BCUT2D eigenvalue weighted by atomic mass is 9.85. The molecule has 6 atom stereocenters. The number of fused-ring (bicyclic) bond motifs is 4. The molecule has 6 aromatic carbocycles. The zero-order chi connectivity index (χ0) is 65.4. The maximum atomic E-state index is 10.4. The number of nitrogens with zero attached hydrogens (tertiary/aromatic N) is 4. The van der Waals surface area contributed by atoms with Gasteiger partial charge in [0, 0.05) is 89.2 Å². The zero-order valence-corrected chi connectivity index (χ0v) is 56.0. The Morgan fingerprint density at radius 3 is 1.47 bits per heavy atom. The number of halogens is 1. The summed E-state index contributed by atoms with van der Waals surface area (Å²) in [5, 5.41) is 41.8. The molecular formula is C77H102ClN5O10. The van der Waals surface area contributed by atoms with Crippen LogP contribution in [0.5, 0.6) is 17.2 Å². The molecule has 2 aliphatic carbocycles. The first-order valence-corrected chi connectivity index (χ1v) is 34.2. The van der Waals surface area contributed by atoms with Gasteiger partial charge in [-0.25, -0.2) is 0 Å². The number of aliphatic hydroxyl groups excluding tert-OH is 4. The Bertz CT molecular complexity index is 3230. The Hall–Kier alpha value is -6.07. The van der Waals surface area contributed by atoms with E-state index in [-0.39, 0.29) is 12.7 Å². The number of hydrogen-bond acceptors (Lipinski definition) is 15. The van der Waals surface area contributed by atoms with Crippen LogP contribution in [0, 0.1) is 18.3 Å². The van der Waals surface area contributed by atoms with Gasteiger partial charge in [-0.15, -0.1) is 6.42 Å². The number of aliphatic hydroxyl groups is 4. The summed E-state index contributed by atoms with van der Waals surface area (Å²) >= 11 is 5.85. The smallest absolute Gasteiger partial charge is 0.161 e. The zero-order valence-electron chi connectivity index (χ0n) is 55.2. The number of nitrogen functional groups attached to an aromatic ring is 1. The van der Waals surface area contributed by atoms with Crippen molar-refractivity contribution in [2.45, 2.75) is 153 Å². The molecule has 6 N–H and O–H groups in total. The van der Waals surface area contributed by atoms with Gasteiger partial charge >= 0.3 is 0 Å². The molecule has 2 saturated carbocycles. The minimum Gasteiger partial charge on any atom is -0.493 e. The van der Waals surface area contributed by atoms with Crippen LogP contribution in [0.15, 0.2) is 133 Å². The molecule has 0 radical (unpaired) electrons.